The molecule has 0 spiro atoms. The number of nitrogens with one attached hydrogen (secondary N) is 2. The number of rotatable bonds is 8. The number of benzene rings is 3. The van der Waals surface area contributed by atoms with Crippen molar-refractivity contribution in [3.05, 3.63) is 95.8 Å². The molecule has 0 unspecified atom stereocenters. The Hall–Kier alpha value is -4.40. The van der Waals surface area contributed by atoms with Crippen LogP contribution in [0.2, 0.25) is 0 Å². The van der Waals surface area contributed by atoms with Crippen LogP contribution in [0.1, 0.15) is 29.8 Å². The zero-order valence-corrected chi connectivity index (χ0v) is 22.3. The van der Waals surface area contributed by atoms with E-state index in [1.54, 1.807) is 6.07 Å². The van der Waals surface area contributed by atoms with E-state index >= 15 is 0 Å². The number of piperazine rings is 1. The van der Waals surface area contributed by atoms with Crippen LogP contribution in [0.25, 0.3) is 0 Å². The molecule has 204 valence electrons. The molecule has 9 heteroatoms. The van der Waals surface area contributed by atoms with Crippen LogP contribution in [-0.4, -0.2) is 66.4 Å². The summed E-state index contributed by atoms with van der Waals surface area (Å²) in [5, 5.41) is 5.77. The third-order valence-electron chi connectivity index (χ3n) is 6.44. The van der Waals surface area contributed by atoms with Crippen molar-refractivity contribution in [3.63, 3.8) is 0 Å². The highest BCUT2D eigenvalue weighted by Crippen LogP contribution is 2.20. The van der Waals surface area contributed by atoms with E-state index in [0.717, 1.165) is 11.3 Å². The van der Waals surface area contributed by atoms with Crippen LogP contribution in [0.5, 0.6) is 0 Å². The van der Waals surface area contributed by atoms with E-state index < -0.39 is 11.7 Å². The van der Waals surface area contributed by atoms with Crippen molar-refractivity contribution in [3.8, 4) is 0 Å². The summed E-state index contributed by atoms with van der Waals surface area (Å²) in [5.41, 5.74) is 2.35. The highest BCUT2D eigenvalue weighted by molar-refractivity contribution is 5.99. The zero-order valence-electron chi connectivity index (χ0n) is 22.3. The Morgan fingerprint density at radius 1 is 0.872 bits per heavy atom. The number of hydrogen-bond acceptors (Lipinski definition) is 4. The Bertz CT molecular complexity index is 1280. The molecule has 1 aliphatic heterocycles. The van der Waals surface area contributed by atoms with Crippen molar-refractivity contribution >= 4 is 29.2 Å². The van der Waals surface area contributed by atoms with Crippen molar-refractivity contribution < 1.29 is 18.8 Å². The maximum absolute atomic E-state index is 14.4. The molecule has 1 fully saturated rings. The SMILES string of the molecule is CC(C)NC(=O)N1CCN(c2ccc(NC(=O)CN(Cc3ccccc3)C(=O)c3ccccc3F)cc2)CC1. The van der Waals surface area contributed by atoms with Crippen molar-refractivity contribution in [1.82, 2.24) is 15.1 Å². The lowest BCUT2D eigenvalue weighted by molar-refractivity contribution is -0.117. The minimum absolute atomic E-state index is 0.0440. The molecule has 0 aromatic heterocycles. The van der Waals surface area contributed by atoms with Gasteiger partial charge in [-0.05, 0) is 55.8 Å². The van der Waals surface area contributed by atoms with Crippen molar-refractivity contribution in [2.75, 3.05) is 42.9 Å². The number of anilines is 2. The molecule has 1 heterocycles. The summed E-state index contributed by atoms with van der Waals surface area (Å²) in [6.07, 6.45) is 0. The standard InChI is InChI=1S/C30H34FN5O3/c1-22(2)32-30(39)35-18-16-34(17-19-35)25-14-12-24(13-15-25)33-28(37)21-36(20-23-8-4-3-5-9-23)29(38)26-10-6-7-11-27(26)31/h3-15,22H,16-21H2,1-2H3,(H,32,39)(H,33,37). The topological polar surface area (TPSA) is 85.0 Å². The first-order valence-corrected chi connectivity index (χ1v) is 13.1. The number of amides is 4. The van der Waals surface area contributed by atoms with Gasteiger partial charge < -0.3 is 25.3 Å². The highest BCUT2D eigenvalue weighted by Gasteiger charge is 2.23. The molecule has 2 N–H and O–H groups in total. The summed E-state index contributed by atoms with van der Waals surface area (Å²) in [4.78, 5) is 43.7. The second-order valence-electron chi connectivity index (χ2n) is 9.80. The molecule has 0 saturated carbocycles. The monoisotopic (exact) mass is 531 g/mol. The van der Waals surface area contributed by atoms with Gasteiger partial charge in [-0.15, -0.1) is 0 Å². The average molecular weight is 532 g/mol. The summed E-state index contributed by atoms with van der Waals surface area (Å²) in [6, 6.07) is 22.6. The average Bonchev–Trinajstić information content (AvgIpc) is 2.93. The number of halogens is 1. The van der Waals surface area contributed by atoms with Crippen LogP contribution in [-0.2, 0) is 11.3 Å². The molecule has 4 rings (SSSR count). The number of urea groups is 1. The molecule has 0 bridgehead atoms. The van der Waals surface area contributed by atoms with Crippen molar-refractivity contribution in [2.45, 2.75) is 26.4 Å². The number of carbonyl (C=O) groups is 3. The summed E-state index contributed by atoms with van der Waals surface area (Å²) in [6.45, 7) is 6.50. The first-order valence-electron chi connectivity index (χ1n) is 13.1. The Morgan fingerprint density at radius 2 is 1.51 bits per heavy atom. The molecule has 0 atom stereocenters. The molecular formula is C30H34FN5O3. The highest BCUT2D eigenvalue weighted by atomic mass is 19.1. The van der Waals surface area contributed by atoms with Gasteiger partial charge in [-0.2, -0.15) is 0 Å². The van der Waals surface area contributed by atoms with Crippen LogP contribution in [0, 0.1) is 5.82 Å². The number of carbonyl (C=O) groups excluding carboxylic acids is 3. The second kappa shape index (κ2) is 12.9. The third-order valence-corrected chi connectivity index (χ3v) is 6.44. The van der Waals surface area contributed by atoms with Gasteiger partial charge in [-0.25, -0.2) is 9.18 Å². The molecule has 1 saturated heterocycles. The normalized spacial score (nSPS) is 13.2. The lowest BCUT2D eigenvalue weighted by atomic mass is 10.1. The fourth-order valence-electron chi connectivity index (χ4n) is 4.44. The smallest absolute Gasteiger partial charge is 0.317 e. The maximum atomic E-state index is 14.4. The lowest BCUT2D eigenvalue weighted by Gasteiger charge is -2.36. The van der Waals surface area contributed by atoms with E-state index in [4.69, 9.17) is 0 Å². The van der Waals surface area contributed by atoms with Crippen LogP contribution in [0.15, 0.2) is 78.9 Å². The molecular weight excluding hydrogens is 497 g/mol. The summed E-state index contributed by atoms with van der Waals surface area (Å²) < 4.78 is 14.4. The minimum Gasteiger partial charge on any atom is -0.368 e. The molecule has 39 heavy (non-hydrogen) atoms. The summed E-state index contributed by atoms with van der Waals surface area (Å²) in [5.74, 6) is -1.56. The van der Waals surface area contributed by atoms with Crippen molar-refractivity contribution in [1.29, 1.82) is 0 Å². The number of hydrogen-bond donors (Lipinski definition) is 2. The van der Waals surface area contributed by atoms with Gasteiger partial charge in [0.2, 0.25) is 5.91 Å². The first kappa shape index (κ1) is 27.6. The quantitative estimate of drug-likeness (QED) is 0.453. The van der Waals surface area contributed by atoms with Gasteiger partial charge in [-0.1, -0.05) is 42.5 Å². The van der Waals surface area contributed by atoms with Gasteiger partial charge in [0.1, 0.15) is 12.4 Å². The van der Waals surface area contributed by atoms with Crippen molar-refractivity contribution in [2.24, 2.45) is 0 Å². The molecule has 3 aromatic carbocycles. The van der Waals surface area contributed by atoms with Crippen LogP contribution in [0.4, 0.5) is 20.6 Å². The Morgan fingerprint density at radius 3 is 2.15 bits per heavy atom. The van der Waals surface area contributed by atoms with E-state index in [2.05, 4.69) is 15.5 Å². The molecule has 1 aliphatic rings. The molecule has 3 aromatic rings. The first-order chi connectivity index (χ1) is 18.8. The molecule has 4 amide bonds. The lowest BCUT2D eigenvalue weighted by Crippen LogP contribution is -2.52. The minimum atomic E-state index is -0.627. The fraction of sp³-hybridized carbons (Fsp3) is 0.300. The van der Waals surface area contributed by atoms with Gasteiger partial charge in [0.25, 0.3) is 5.91 Å². The Labute approximate surface area is 228 Å². The molecule has 0 radical (unpaired) electrons. The Balaban J connectivity index is 1.37. The van der Waals surface area contributed by atoms with E-state index in [0.29, 0.717) is 31.9 Å². The maximum Gasteiger partial charge on any atom is 0.317 e. The molecule has 0 aliphatic carbocycles. The van der Waals surface area contributed by atoms with Crippen LogP contribution in [0.3, 0.4) is 0 Å². The predicted octanol–water partition coefficient (Wildman–Crippen LogP) is 4.35. The fourth-order valence-corrected chi connectivity index (χ4v) is 4.44. The Kier molecular flexibility index (Phi) is 9.14. The van der Waals surface area contributed by atoms with E-state index in [9.17, 15) is 18.8 Å². The van der Waals surface area contributed by atoms with E-state index in [1.165, 1.54) is 23.1 Å². The molecule has 8 nitrogen and oxygen atoms in total. The van der Waals surface area contributed by atoms with Crippen LogP contribution >= 0.6 is 0 Å². The van der Waals surface area contributed by atoms with Crippen LogP contribution < -0.4 is 15.5 Å². The largest absolute Gasteiger partial charge is 0.368 e. The predicted molar refractivity (Wildman–Crippen MR) is 150 cm³/mol. The summed E-state index contributed by atoms with van der Waals surface area (Å²) >= 11 is 0. The number of nitrogens with zero attached hydrogens (tertiary/aromatic N) is 3. The van der Waals surface area contributed by atoms with Gasteiger partial charge in [0, 0.05) is 50.1 Å². The second-order valence-corrected chi connectivity index (χ2v) is 9.80. The summed E-state index contributed by atoms with van der Waals surface area (Å²) in [7, 11) is 0. The van der Waals surface area contributed by atoms with Gasteiger partial charge in [0.15, 0.2) is 0 Å². The van der Waals surface area contributed by atoms with Gasteiger partial charge >= 0.3 is 6.03 Å². The van der Waals surface area contributed by atoms with Gasteiger partial charge in [0.05, 0.1) is 5.56 Å². The zero-order chi connectivity index (χ0) is 27.8. The van der Waals surface area contributed by atoms with Gasteiger partial charge in [-0.3, -0.25) is 9.59 Å². The van der Waals surface area contributed by atoms with E-state index in [1.807, 2.05) is 73.3 Å². The van der Waals surface area contributed by atoms with E-state index in [-0.39, 0.29) is 36.6 Å². The third kappa shape index (κ3) is 7.56.